The van der Waals surface area contributed by atoms with Crippen LogP contribution in [0.1, 0.15) is 23.2 Å². The van der Waals surface area contributed by atoms with Crippen LogP contribution in [0.25, 0.3) is 10.9 Å². The minimum absolute atomic E-state index is 0.138. The molecule has 2 N–H and O–H groups in total. The molecule has 0 saturated carbocycles. The van der Waals surface area contributed by atoms with Crippen molar-refractivity contribution in [2.45, 2.75) is 12.8 Å². The third kappa shape index (κ3) is 3.53. The van der Waals surface area contributed by atoms with E-state index in [1.165, 1.54) is 0 Å². The van der Waals surface area contributed by atoms with E-state index in [4.69, 9.17) is 0 Å². The van der Waals surface area contributed by atoms with Gasteiger partial charge in [0.05, 0.1) is 11.8 Å². The van der Waals surface area contributed by atoms with Crippen LogP contribution in [0.4, 0.5) is 5.82 Å². The first kappa shape index (κ1) is 18.0. The second kappa shape index (κ2) is 7.67. The number of nitrogens with one attached hydrogen (secondary N) is 2. The van der Waals surface area contributed by atoms with Crippen molar-refractivity contribution < 1.29 is 9.59 Å². The van der Waals surface area contributed by atoms with E-state index in [0.717, 1.165) is 29.8 Å². The van der Waals surface area contributed by atoms with Crippen LogP contribution in [0.3, 0.4) is 0 Å². The van der Waals surface area contributed by atoms with Crippen molar-refractivity contribution in [3.8, 4) is 0 Å². The highest BCUT2D eigenvalue weighted by Gasteiger charge is 2.26. The molecule has 1 aliphatic heterocycles. The third-order valence-corrected chi connectivity index (χ3v) is 5.18. The van der Waals surface area contributed by atoms with Crippen molar-refractivity contribution in [3.05, 3.63) is 54.6 Å². The summed E-state index contributed by atoms with van der Waals surface area (Å²) in [6.45, 7) is 1.46. The van der Waals surface area contributed by atoms with Gasteiger partial charge < -0.3 is 9.47 Å². The van der Waals surface area contributed by atoms with Crippen molar-refractivity contribution in [3.63, 3.8) is 0 Å². The van der Waals surface area contributed by atoms with Gasteiger partial charge in [-0.2, -0.15) is 0 Å². The number of fused-ring (bicyclic) bond motifs is 1. The maximum absolute atomic E-state index is 12.5. The highest BCUT2D eigenvalue weighted by molar-refractivity contribution is 6.07. The molecule has 0 spiro atoms. The van der Waals surface area contributed by atoms with Crippen molar-refractivity contribution >= 4 is 28.5 Å². The second-order valence-electron chi connectivity index (χ2n) is 6.94. The van der Waals surface area contributed by atoms with E-state index in [1.54, 1.807) is 24.8 Å². The van der Waals surface area contributed by atoms with Crippen LogP contribution < -0.4 is 15.8 Å². The second-order valence-corrected chi connectivity index (χ2v) is 6.94. The molecule has 1 aliphatic rings. The summed E-state index contributed by atoms with van der Waals surface area (Å²) < 4.78 is 1.90. The number of amides is 2. The molecule has 4 rings (SSSR count). The van der Waals surface area contributed by atoms with Gasteiger partial charge in [0.1, 0.15) is 5.82 Å². The van der Waals surface area contributed by atoms with Gasteiger partial charge in [-0.15, -0.1) is 0 Å². The summed E-state index contributed by atoms with van der Waals surface area (Å²) >= 11 is 0. The summed E-state index contributed by atoms with van der Waals surface area (Å²) in [6, 6.07) is 7.67. The Kier molecular flexibility index (Phi) is 4.92. The van der Waals surface area contributed by atoms with Crippen molar-refractivity contribution in [2.24, 2.45) is 13.0 Å². The molecule has 2 amide bonds. The number of hydrogen-bond donors (Lipinski definition) is 2. The molecule has 8 heteroatoms. The number of aryl methyl sites for hydroxylation is 1. The van der Waals surface area contributed by atoms with Crippen LogP contribution >= 0.6 is 0 Å². The van der Waals surface area contributed by atoms with Gasteiger partial charge in [-0.25, -0.2) is 4.98 Å². The number of benzene rings is 1. The van der Waals surface area contributed by atoms with Gasteiger partial charge in [-0.1, -0.05) is 18.2 Å². The summed E-state index contributed by atoms with van der Waals surface area (Å²) in [5.41, 5.74) is 6.65. The number of piperidine rings is 1. The lowest BCUT2D eigenvalue weighted by Gasteiger charge is -2.31. The highest BCUT2D eigenvalue weighted by atomic mass is 16.2. The van der Waals surface area contributed by atoms with Crippen LogP contribution in [0, 0.1) is 5.92 Å². The summed E-state index contributed by atoms with van der Waals surface area (Å²) in [4.78, 5) is 35.5. The van der Waals surface area contributed by atoms with Gasteiger partial charge >= 0.3 is 0 Å². The van der Waals surface area contributed by atoms with Crippen LogP contribution in [-0.2, 0) is 11.8 Å². The van der Waals surface area contributed by atoms with Crippen LogP contribution in [0.5, 0.6) is 0 Å². The first-order valence-electron chi connectivity index (χ1n) is 9.28. The van der Waals surface area contributed by atoms with Crippen molar-refractivity contribution in [1.29, 1.82) is 0 Å². The quantitative estimate of drug-likeness (QED) is 0.676. The standard InChI is InChI=1S/C20H22N6O2/c1-25-13-16(15-4-2-3-5-17(15)25)20(28)24-23-19(27)14-6-10-26(11-7-14)18-12-21-8-9-22-18/h2-5,8-9,12-14H,6-7,10-11H2,1H3,(H,23,27)(H,24,28). The fourth-order valence-corrected chi connectivity index (χ4v) is 3.64. The minimum Gasteiger partial charge on any atom is -0.355 e. The third-order valence-electron chi connectivity index (χ3n) is 5.18. The summed E-state index contributed by atoms with van der Waals surface area (Å²) in [5.74, 6) is 0.209. The van der Waals surface area contributed by atoms with Gasteiger partial charge in [0.15, 0.2) is 0 Å². The van der Waals surface area contributed by atoms with Gasteiger partial charge in [0, 0.05) is 55.5 Å². The average molecular weight is 378 g/mol. The largest absolute Gasteiger partial charge is 0.355 e. The molecule has 0 bridgehead atoms. The van der Waals surface area contributed by atoms with Crippen molar-refractivity contribution in [1.82, 2.24) is 25.4 Å². The summed E-state index contributed by atoms with van der Waals surface area (Å²) in [5, 5.41) is 0.856. The molecule has 3 aromatic rings. The van der Waals surface area contributed by atoms with E-state index in [1.807, 2.05) is 35.9 Å². The Morgan fingerprint density at radius 3 is 2.64 bits per heavy atom. The Morgan fingerprint density at radius 1 is 1.11 bits per heavy atom. The SMILES string of the molecule is Cn1cc(C(=O)NNC(=O)C2CCN(c3cnccn3)CC2)c2ccccc21. The molecule has 1 saturated heterocycles. The van der Waals surface area contributed by atoms with E-state index < -0.39 is 0 Å². The summed E-state index contributed by atoms with van der Waals surface area (Å²) in [7, 11) is 1.89. The van der Waals surface area contributed by atoms with Gasteiger partial charge in [0.2, 0.25) is 5.91 Å². The van der Waals surface area contributed by atoms with Crippen molar-refractivity contribution in [2.75, 3.05) is 18.0 Å². The molecule has 3 heterocycles. The number of anilines is 1. The van der Waals surface area contributed by atoms with Crippen LogP contribution in [0.2, 0.25) is 0 Å². The molecule has 0 atom stereocenters. The number of hydrazine groups is 1. The maximum Gasteiger partial charge on any atom is 0.271 e. The fourth-order valence-electron chi connectivity index (χ4n) is 3.64. The molecule has 1 aromatic carbocycles. The molecular weight excluding hydrogens is 356 g/mol. The Balaban J connectivity index is 1.33. The Bertz CT molecular complexity index is 992. The zero-order valence-corrected chi connectivity index (χ0v) is 15.6. The van der Waals surface area contributed by atoms with E-state index in [0.29, 0.717) is 18.4 Å². The molecule has 28 heavy (non-hydrogen) atoms. The maximum atomic E-state index is 12.5. The molecule has 144 valence electrons. The molecule has 2 aromatic heterocycles. The van der Waals surface area contributed by atoms with Crippen LogP contribution in [0.15, 0.2) is 49.1 Å². The number of hydrogen-bond acceptors (Lipinski definition) is 5. The highest BCUT2D eigenvalue weighted by Crippen LogP contribution is 2.22. The van der Waals surface area contributed by atoms with E-state index >= 15 is 0 Å². The Morgan fingerprint density at radius 2 is 1.89 bits per heavy atom. The smallest absolute Gasteiger partial charge is 0.271 e. The fraction of sp³-hybridized carbons (Fsp3) is 0.300. The minimum atomic E-state index is -0.317. The van der Waals surface area contributed by atoms with Crippen LogP contribution in [-0.4, -0.2) is 39.4 Å². The number of aromatic nitrogens is 3. The lowest BCUT2D eigenvalue weighted by molar-refractivity contribution is -0.126. The Hall–Kier alpha value is -3.42. The van der Waals surface area contributed by atoms with Gasteiger partial charge in [0.25, 0.3) is 5.91 Å². The Labute approximate surface area is 162 Å². The van der Waals surface area contributed by atoms with E-state index in [9.17, 15) is 9.59 Å². The topological polar surface area (TPSA) is 92.2 Å². The normalized spacial score (nSPS) is 14.8. The molecule has 0 aliphatic carbocycles. The van der Waals surface area contributed by atoms with Gasteiger partial charge in [-0.3, -0.25) is 25.4 Å². The first-order valence-corrected chi connectivity index (χ1v) is 9.28. The van der Waals surface area contributed by atoms with Gasteiger partial charge in [-0.05, 0) is 18.9 Å². The van der Waals surface area contributed by atoms with E-state index in [-0.39, 0.29) is 17.7 Å². The predicted molar refractivity (Wildman–Crippen MR) is 105 cm³/mol. The molecule has 8 nitrogen and oxygen atoms in total. The number of carbonyl (C=O) groups excluding carboxylic acids is 2. The zero-order chi connectivity index (χ0) is 19.5. The molecular formula is C20H22N6O2. The number of rotatable bonds is 3. The monoisotopic (exact) mass is 378 g/mol. The number of para-hydroxylation sites is 1. The zero-order valence-electron chi connectivity index (χ0n) is 15.6. The lowest BCUT2D eigenvalue weighted by atomic mass is 9.96. The predicted octanol–water partition coefficient (Wildman–Crippen LogP) is 1.65. The molecule has 0 radical (unpaired) electrons. The number of nitrogens with zero attached hydrogens (tertiary/aromatic N) is 4. The molecule has 0 unspecified atom stereocenters. The first-order chi connectivity index (χ1) is 13.6. The van der Waals surface area contributed by atoms with E-state index in [2.05, 4.69) is 25.7 Å². The lowest BCUT2D eigenvalue weighted by Crippen LogP contribution is -2.47. The average Bonchev–Trinajstić information content (AvgIpc) is 3.09. The summed E-state index contributed by atoms with van der Waals surface area (Å²) in [6.07, 6.45) is 8.20. The number of carbonyl (C=O) groups is 2. The molecule has 1 fully saturated rings.